The summed E-state index contributed by atoms with van der Waals surface area (Å²) in [6.45, 7) is 3.43. The highest BCUT2D eigenvalue weighted by molar-refractivity contribution is 6.40. The Morgan fingerprint density at radius 1 is 1.05 bits per heavy atom. The lowest BCUT2D eigenvalue weighted by atomic mass is 10.0. The molecular formula is C24H15Cl3F3N5O2. The molecule has 0 unspecified atom stereocenters. The molecule has 0 aliphatic rings. The number of pyridine rings is 1. The van der Waals surface area contributed by atoms with Gasteiger partial charge in [0.15, 0.2) is 11.5 Å². The van der Waals surface area contributed by atoms with Gasteiger partial charge in [-0.2, -0.15) is 18.3 Å². The molecule has 0 atom stereocenters. The number of carbonyl (C=O) groups excluding carboxylic acids is 2. The normalized spacial score (nSPS) is 11.4. The zero-order valence-electron chi connectivity index (χ0n) is 18.5. The molecule has 0 spiro atoms. The Morgan fingerprint density at radius 3 is 2.46 bits per heavy atom. The largest absolute Gasteiger partial charge is 0.435 e. The highest BCUT2D eigenvalue weighted by atomic mass is 35.5. The first-order valence-electron chi connectivity index (χ1n) is 10.4. The van der Waals surface area contributed by atoms with Crippen molar-refractivity contribution in [2.75, 3.05) is 11.9 Å². The Kier molecular flexibility index (Phi) is 7.44. The molecule has 13 heteroatoms. The van der Waals surface area contributed by atoms with Gasteiger partial charge >= 0.3 is 6.18 Å². The number of rotatable bonds is 6. The Bertz CT molecular complexity index is 1550. The molecule has 0 bridgehead atoms. The summed E-state index contributed by atoms with van der Waals surface area (Å²) in [5, 5.41) is 9.70. The number of hydrogen-bond donors (Lipinski definition) is 2. The third kappa shape index (κ3) is 5.56. The minimum atomic E-state index is -4.86. The number of anilines is 1. The van der Waals surface area contributed by atoms with Crippen LogP contribution in [0.2, 0.25) is 10.0 Å². The van der Waals surface area contributed by atoms with Gasteiger partial charge < -0.3 is 10.6 Å². The van der Waals surface area contributed by atoms with Gasteiger partial charge in [-0.15, -0.1) is 0 Å². The Hall–Kier alpha value is -3.60. The minimum absolute atomic E-state index is 0.000668. The first kappa shape index (κ1) is 26.5. The minimum Gasteiger partial charge on any atom is -0.347 e. The fourth-order valence-electron chi connectivity index (χ4n) is 3.43. The van der Waals surface area contributed by atoms with Crippen molar-refractivity contribution in [2.24, 2.45) is 0 Å². The molecular weight excluding hydrogens is 554 g/mol. The molecule has 2 aromatic heterocycles. The van der Waals surface area contributed by atoms with E-state index in [0.717, 1.165) is 0 Å². The summed E-state index contributed by atoms with van der Waals surface area (Å²) in [5.41, 5.74) is -2.07. The van der Waals surface area contributed by atoms with Gasteiger partial charge in [-0.3, -0.25) is 9.59 Å². The second kappa shape index (κ2) is 10.4. The van der Waals surface area contributed by atoms with E-state index in [0.29, 0.717) is 21.5 Å². The first-order valence-corrected chi connectivity index (χ1v) is 11.5. The molecule has 37 heavy (non-hydrogen) atoms. The molecule has 190 valence electrons. The van der Waals surface area contributed by atoms with Crippen molar-refractivity contribution in [1.82, 2.24) is 20.1 Å². The topological polar surface area (TPSA) is 88.9 Å². The lowest BCUT2D eigenvalue weighted by Crippen LogP contribution is -2.27. The lowest BCUT2D eigenvalue weighted by molar-refractivity contribution is -0.141. The number of aromatic nitrogens is 3. The number of fused-ring (bicyclic) bond motifs is 1. The molecule has 0 aliphatic carbocycles. The van der Waals surface area contributed by atoms with Crippen LogP contribution < -0.4 is 10.6 Å². The van der Waals surface area contributed by atoms with Crippen LogP contribution in [0.3, 0.4) is 0 Å². The standard InChI is InChI=1S/C24H15Cl3F3N5O2/c1-12(25)11-32-22(36)15-9-13-5-2-3-6-14(13)19(27)20(15)33-23(37)17-10-18(24(28,29)30)34-35(17)21-16(26)7-4-8-31-21/h2-10H,1,11H2,(H,32,36)(H,33,37). The smallest absolute Gasteiger partial charge is 0.347 e. The quantitative estimate of drug-likeness (QED) is 0.279. The number of nitrogens with one attached hydrogen (secondary N) is 2. The highest BCUT2D eigenvalue weighted by Gasteiger charge is 2.37. The maximum Gasteiger partial charge on any atom is 0.435 e. The molecule has 4 aromatic rings. The molecule has 7 nitrogen and oxygen atoms in total. The summed E-state index contributed by atoms with van der Waals surface area (Å²) in [4.78, 5) is 30.2. The summed E-state index contributed by atoms with van der Waals surface area (Å²) in [7, 11) is 0. The van der Waals surface area contributed by atoms with Crippen LogP contribution in [-0.2, 0) is 6.18 Å². The zero-order chi connectivity index (χ0) is 26.9. The molecule has 2 aromatic carbocycles. The molecule has 0 fully saturated rings. The van der Waals surface area contributed by atoms with E-state index in [1.807, 2.05) is 0 Å². The zero-order valence-corrected chi connectivity index (χ0v) is 20.8. The van der Waals surface area contributed by atoms with Crippen LogP contribution in [-0.4, -0.2) is 33.1 Å². The van der Waals surface area contributed by atoms with Crippen LogP contribution in [0.5, 0.6) is 0 Å². The van der Waals surface area contributed by atoms with E-state index in [9.17, 15) is 22.8 Å². The Morgan fingerprint density at radius 2 is 1.78 bits per heavy atom. The van der Waals surface area contributed by atoms with E-state index in [-0.39, 0.29) is 38.7 Å². The van der Waals surface area contributed by atoms with Crippen LogP contribution >= 0.6 is 34.8 Å². The van der Waals surface area contributed by atoms with Gasteiger partial charge in [-0.25, -0.2) is 9.67 Å². The van der Waals surface area contributed by atoms with Crippen molar-refractivity contribution in [1.29, 1.82) is 0 Å². The van der Waals surface area contributed by atoms with Crippen LogP contribution in [0, 0.1) is 0 Å². The van der Waals surface area contributed by atoms with Gasteiger partial charge in [0.05, 0.1) is 27.8 Å². The lowest BCUT2D eigenvalue weighted by Gasteiger charge is -2.16. The Labute approximate surface area is 222 Å². The number of nitrogens with zero attached hydrogens (tertiary/aromatic N) is 3. The second-order valence-electron chi connectivity index (χ2n) is 7.62. The first-order chi connectivity index (χ1) is 17.5. The third-order valence-electron chi connectivity index (χ3n) is 5.08. The molecule has 2 N–H and O–H groups in total. The molecule has 0 saturated heterocycles. The van der Waals surface area contributed by atoms with E-state index in [4.69, 9.17) is 34.8 Å². The van der Waals surface area contributed by atoms with Gasteiger partial charge in [0.2, 0.25) is 0 Å². The van der Waals surface area contributed by atoms with E-state index in [2.05, 4.69) is 27.3 Å². The van der Waals surface area contributed by atoms with Crippen LogP contribution in [0.15, 0.2) is 66.3 Å². The van der Waals surface area contributed by atoms with Crippen molar-refractivity contribution in [2.45, 2.75) is 6.18 Å². The Balaban J connectivity index is 1.84. The van der Waals surface area contributed by atoms with Crippen LogP contribution in [0.4, 0.5) is 18.9 Å². The monoisotopic (exact) mass is 567 g/mol. The van der Waals surface area contributed by atoms with E-state index >= 15 is 0 Å². The SMILES string of the molecule is C=C(Cl)CNC(=O)c1cc2ccccc2c(Cl)c1NC(=O)c1cc(C(F)(F)F)nn1-c1ncccc1Cl. The fourth-order valence-corrected chi connectivity index (χ4v) is 4.02. The molecule has 0 aliphatic heterocycles. The molecule has 0 radical (unpaired) electrons. The van der Waals surface area contributed by atoms with Crippen LogP contribution in [0.1, 0.15) is 26.5 Å². The number of amides is 2. The van der Waals surface area contributed by atoms with E-state index in [1.54, 1.807) is 24.3 Å². The average Bonchev–Trinajstić information content (AvgIpc) is 3.30. The van der Waals surface area contributed by atoms with Gasteiger partial charge in [0, 0.05) is 22.7 Å². The predicted molar refractivity (Wildman–Crippen MR) is 136 cm³/mol. The summed E-state index contributed by atoms with van der Waals surface area (Å²) in [6.07, 6.45) is -3.58. The number of benzene rings is 2. The molecule has 2 heterocycles. The van der Waals surface area contributed by atoms with Crippen LogP contribution in [0.25, 0.3) is 16.6 Å². The second-order valence-corrected chi connectivity index (χ2v) is 8.94. The van der Waals surface area contributed by atoms with E-state index in [1.165, 1.54) is 24.4 Å². The van der Waals surface area contributed by atoms with E-state index < -0.39 is 29.4 Å². The number of halogens is 6. The molecule has 2 amide bonds. The summed E-state index contributed by atoms with van der Waals surface area (Å²) >= 11 is 18.4. The predicted octanol–water partition coefficient (Wildman–Crippen LogP) is 6.48. The van der Waals surface area contributed by atoms with Gasteiger partial charge in [-0.05, 0) is 23.6 Å². The van der Waals surface area contributed by atoms with Crippen molar-refractivity contribution in [3.8, 4) is 5.82 Å². The maximum atomic E-state index is 13.5. The van der Waals surface area contributed by atoms with Gasteiger partial charge in [0.1, 0.15) is 5.69 Å². The van der Waals surface area contributed by atoms with Crippen molar-refractivity contribution in [3.05, 3.63) is 93.3 Å². The third-order valence-corrected chi connectivity index (χ3v) is 5.90. The number of hydrogen-bond acceptors (Lipinski definition) is 4. The summed E-state index contributed by atoms with van der Waals surface area (Å²) < 4.78 is 41.2. The average molecular weight is 569 g/mol. The summed E-state index contributed by atoms with van der Waals surface area (Å²) in [6, 6.07) is 11.7. The van der Waals surface area contributed by atoms with Gasteiger partial charge in [-0.1, -0.05) is 65.6 Å². The highest BCUT2D eigenvalue weighted by Crippen LogP contribution is 2.36. The number of carbonyl (C=O) groups is 2. The van der Waals surface area contributed by atoms with Crippen molar-refractivity contribution < 1.29 is 22.8 Å². The van der Waals surface area contributed by atoms with Crippen molar-refractivity contribution in [3.63, 3.8) is 0 Å². The number of alkyl halides is 3. The van der Waals surface area contributed by atoms with Crippen molar-refractivity contribution >= 4 is 63.1 Å². The maximum absolute atomic E-state index is 13.5. The molecule has 4 rings (SSSR count). The molecule has 0 saturated carbocycles. The fraction of sp³-hybridized carbons (Fsp3) is 0.0833. The summed E-state index contributed by atoms with van der Waals surface area (Å²) in [5.74, 6) is -1.90. The van der Waals surface area contributed by atoms with Gasteiger partial charge in [0.25, 0.3) is 11.8 Å².